The molecule has 3 aromatic rings. The predicted molar refractivity (Wildman–Crippen MR) is 179 cm³/mol. The van der Waals surface area contributed by atoms with Crippen molar-refractivity contribution in [1.82, 2.24) is 4.90 Å². The number of nitrogens with zero attached hydrogens (tertiary/aromatic N) is 1. The molecule has 2 aliphatic heterocycles. The molecule has 0 unspecified atom stereocenters. The van der Waals surface area contributed by atoms with Gasteiger partial charge in [-0.05, 0) is 77.9 Å². The molecule has 1 amide bonds. The minimum atomic E-state index is -0.937. The Kier molecular flexibility index (Phi) is 11.6. The summed E-state index contributed by atoms with van der Waals surface area (Å²) in [4.78, 5) is 28.8. The lowest BCUT2D eigenvalue weighted by Gasteiger charge is -2.27. The molecule has 10 nitrogen and oxygen atoms in total. The topological polar surface area (TPSA) is 116 Å². The van der Waals surface area contributed by atoms with Gasteiger partial charge in [0.15, 0.2) is 11.5 Å². The third-order valence-corrected chi connectivity index (χ3v) is 9.12. The van der Waals surface area contributed by atoms with E-state index in [4.69, 9.17) is 35.3 Å². The highest BCUT2D eigenvalue weighted by molar-refractivity contribution is 6.30. The van der Waals surface area contributed by atoms with Gasteiger partial charge in [-0.25, -0.2) is 0 Å². The first-order valence-electron chi connectivity index (χ1n) is 16.0. The van der Waals surface area contributed by atoms with Gasteiger partial charge in [0.1, 0.15) is 12.4 Å². The van der Waals surface area contributed by atoms with Gasteiger partial charge in [0.2, 0.25) is 12.7 Å². The highest BCUT2D eigenvalue weighted by Gasteiger charge is 2.48. The van der Waals surface area contributed by atoms with Crippen molar-refractivity contribution in [2.75, 3.05) is 58.7 Å². The Hall–Kier alpha value is -3.83. The zero-order chi connectivity index (χ0) is 33.5. The van der Waals surface area contributed by atoms with Gasteiger partial charge in [0, 0.05) is 36.3 Å². The summed E-state index contributed by atoms with van der Waals surface area (Å²) in [6, 6.07) is 14.3. The van der Waals surface area contributed by atoms with E-state index in [1.807, 2.05) is 74.2 Å². The smallest absolute Gasteiger partial charge is 0.309 e. The lowest BCUT2D eigenvalue weighted by atomic mass is 9.81. The Morgan fingerprint density at radius 2 is 1.70 bits per heavy atom. The fraction of sp³-hybridized carbons (Fsp3) is 0.444. The minimum absolute atomic E-state index is 0.000541. The van der Waals surface area contributed by atoms with Crippen molar-refractivity contribution >= 4 is 29.2 Å². The molecule has 0 aliphatic carbocycles. The number of ether oxygens (including phenoxy) is 5. The van der Waals surface area contributed by atoms with Crippen molar-refractivity contribution in [2.45, 2.75) is 45.6 Å². The third-order valence-electron chi connectivity index (χ3n) is 8.90. The van der Waals surface area contributed by atoms with Crippen LogP contribution in [0.5, 0.6) is 17.2 Å². The van der Waals surface area contributed by atoms with Crippen LogP contribution in [0.2, 0.25) is 5.02 Å². The molecule has 0 bridgehead atoms. The van der Waals surface area contributed by atoms with E-state index in [0.717, 1.165) is 33.5 Å². The molecule has 2 N–H and O–H groups in total. The van der Waals surface area contributed by atoms with Gasteiger partial charge in [-0.2, -0.15) is 0 Å². The van der Waals surface area contributed by atoms with Gasteiger partial charge in [0.05, 0.1) is 32.3 Å². The number of hydrogen-bond acceptors (Lipinski definition) is 8. The number of carbonyl (C=O) groups is 2. The molecule has 0 saturated carbocycles. The van der Waals surface area contributed by atoms with Crippen LogP contribution in [0, 0.1) is 12.8 Å². The molecule has 3 atom stereocenters. The molecule has 1 fully saturated rings. The van der Waals surface area contributed by atoms with Crippen LogP contribution < -0.4 is 19.5 Å². The molecule has 47 heavy (non-hydrogen) atoms. The average Bonchev–Trinajstić information content (AvgIpc) is 3.69. The summed E-state index contributed by atoms with van der Waals surface area (Å²) in [5.74, 6) is -0.485. The van der Waals surface area contributed by atoms with Crippen molar-refractivity contribution in [1.29, 1.82) is 0 Å². The molecule has 3 aromatic carbocycles. The molecular formula is C36H43ClN2O8. The summed E-state index contributed by atoms with van der Waals surface area (Å²) in [5, 5.41) is 14.5. The van der Waals surface area contributed by atoms with Gasteiger partial charge in [0.25, 0.3) is 0 Å². The Balaban J connectivity index is 1.43. The maximum atomic E-state index is 13.8. The van der Waals surface area contributed by atoms with Crippen molar-refractivity contribution in [2.24, 2.45) is 5.92 Å². The lowest BCUT2D eigenvalue weighted by molar-refractivity contribution is -0.143. The second kappa shape index (κ2) is 15.8. The van der Waals surface area contributed by atoms with Gasteiger partial charge >= 0.3 is 5.97 Å². The highest BCUT2D eigenvalue weighted by atomic mass is 35.5. The largest absolute Gasteiger partial charge is 0.491 e. The number of nitrogens with one attached hydrogen (secondary N) is 1. The Morgan fingerprint density at radius 3 is 2.36 bits per heavy atom. The molecule has 11 heteroatoms. The summed E-state index contributed by atoms with van der Waals surface area (Å²) < 4.78 is 27.6. The number of halogens is 1. The summed E-state index contributed by atoms with van der Waals surface area (Å²) in [6.45, 7) is 8.24. The number of rotatable bonds is 15. The minimum Gasteiger partial charge on any atom is -0.491 e. The normalized spacial score (nSPS) is 18.8. The highest BCUT2D eigenvalue weighted by Crippen LogP contribution is 2.49. The van der Waals surface area contributed by atoms with E-state index in [1.165, 1.54) is 0 Å². The number of fused-ring (bicyclic) bond motifs is 1. The number of likely N-dealkylation sites (tertiary alicyclic amines) is 1. The SMILES string of the molecule is CCc1cc(Cl)cc(CC)c1NC(=O)CN1C[C@H](c2ccc3c(c2C)OCO3)[C@@H](C(=O)O)[C@@H]1c1ccc(OCCOCCOC)cc1. The van der Waals surface area contributed by atoms with Crippen LogP contribution in [0.25, 0.3) is 0 Å². The van der Waals surface area contributed by atoms with E-state index >= 15 is 0 Å². The molecule has 5 rings (SSSR count). The van der Waals surface area contributed by atoms with Crippen molar-refractivity contribution < 1.29 is 38.4 Å². The quantitative estimate of drug-likeness (QED) is 0.188. The third kappa shape index (κ3) is 7.84. The molecule has 0 spiro atoms. The molecule has 2 aliphatic rings. The summed E-state index contributed by atoms with van der Waals surface area (Å²) >= 11 is 6.36. The van der Waals surface area contributed by atoms with Crippen molar-refractivity contribution in [3.05, 3.63) is 81.4 Å². The van der Waals surface area contributed by atoms with E-state index < -0.39 is 23.8 Å². The number of anilines is 1. The molecule has 1 saturated heterocycles. The second-order valence-corrected chi connectivity index (χ2v) is 12.2. The molecule has 252 valence electrons. The Labute approximate surface area is 280 Å². The Bertz CT molecular complexity index is 1540. The van der Waals surface area contributed by atoms with E-state index in [2.05, 4.69) is 5.32 Å². The number of carbonyl (C=O) groups excluding carboxylic acids is 1. The molecule has 0 radical (unpaired) electrons. The van der Waals surface area contributed by atoms with Gasteiger partial charge < -0.3 is 34.1 Å². The first-order valence-corrected chi connectivity index (χ1v) is 16.4. The molecule has 0 aromatic heterocycles. The predicted octanol–water partition coefficient (Wildman–Crippen LogP) is 6.02. The van der Waals surface area contributed by atoms with Gasteiger partial charge in [-0.3, -0.25) is 14.5 Å². The van der Waals surface area contributed by atoms with Crippen LogP contribution in [0.4, 0.5) is 5.69 Å². The van der Waals surface area contributed by atoms with E-state index in [-0.39, 0.29) is 19.2 Å². The van der Waals surface area contributed by atoms with Gasteiger partial charge in [-0.1, -0.05) is 43.6 Å². The fourth-order valence-electron chi connectivity index (χ4n) is 6.67. The van der Waals surface area contributed by atoms with Crippen LogP contribution >= 0.6 is 11.6 Å². The second-order valence-electron chi connectivity index (χ2n) is 11.7. The fourth-order valence-corrected chi connectivity index (χ4v) is 6.93. The monoisotopic (exact) mass is 666 g/mol. The van der Waals surface area contributed by atoms with Crippen molar-refractivity contribution in [3.8, 4) is 17.2 Å². The maximum absolute atomic E-state index is 13.8. The first-order chi connectivity index (χ1) is 22.7. The standard InChI is InChI=1S/C36H43ClN2O8/c1-5-23-17-26(37)18-24(6-2)33(23)38-31(40)20-39-19-29(28-11-12-30-35(22(28)3)47-21-46-30)32(36(41)42)34(39)25-7-9-27(10-8-25)45-16-15-44-14-13-43-4/h7-12,17-18,29,32,34H,5-6,13-16,19-21H2,1-4H3,(H,38,40)(H,41,42)/t29-,32-,34+/m1/s1. The molecular weight excluding hydrogens is 624 g/mol. The average molecular weight is 667 g/mol. The maximum Gasteiger partial charge on any atom is 0.309 e. The zero-order valence-corrected chi connectivity index (χ0v) is 28.1. The number of carboxylic acids is 1. The van der Waals surface area contributed by atoms with E-state index in [0.29, 0.717) is 68.1 Å². The summed E-state index contributed by atoms with van der Waals surface area (Å²) in [7, 11) is 1.62. The van der Waals surface area contributed by atoms with Crippen LogP contribution in [0.3, 0.4) is 0 Å². The zero-order valence-electron chi connectivity index (χ0n) is 27.3. The van der Waals surface area contributed by atoms with Crippen LogP contribution in [0.1, 0.15) is 53.6 Å². The van der Waals surface area contributed by atoms with Crippen molar-refractivity contribution in [3.63, 3.8) is 0 Å². The van der Waals surface area contributed by atoms with Crippen LogP contribution in [-0.4, -0.2) is 75.3 Å². The summed E-state index contributed by atoms with van der Waals surface area (Å²) in [5.41, 5.74) is 5.17. The Morgan fingerprint density at radius 1 is 1.00 bits per heavy atom. The number of amides is 1. The van der Waals surface area contributed by atoms with E-state index in [1.54, 1.807) is 7.11 Å². The lowest BCUT2D eigenvalue weighted by Crippen LogP contribution is -2.35. The van der Waals surface area contributed by atoms with Crippen LogP contribution in [0.15, 0.2) is 48.5 Å². The first kappa shape index (κ1) is 34.5. The number of hydrogen-bond donors (Lipinski definition) is 2. The molecule has 2 heterocycles. The number of benzene rings is 3. The van der Waals surface area contributed by atoms with Crippen LogP contribution in [-0.2, 0) is 31.9 Å². The number of methoxy groups -OCH3 is 1. The number of aryl methyl sites for hydroxylation is 2. The number of aliphatic carboxylic acids is 1. The van der Waals surface area contributed by atoms with E-state index in [9.17, 15) is 14.7 Å². The number of carboxylic acid groups (broad SMARTS) is 1. The summed E-state index contributed by atoms with van der Waals surface area (Å²) in [6.07, 6.45) is 1.41. The van der Waals surface area contributed by atoms with Gasteiger partial charge in [-0.15, -0.1) is 0 Å².